The molecule has 2 rings (SSSR count). The van der Waals surface area contributed by atoms with Gasteiger partial charge in [-0.25, -0.2) is 0 Å². The molecule has 1 saturated carbocycles. The van der Waals surface area contributed by atoms with Crippen LogP contribution in [0.3, 0.4) is 0 Å². The topological polar surface area (TPSA) is 57.0 Å². The first-order chi connectivity index (χ1) is 8.20. The molecule has 94 valence electrons. The van der Waals surface area contributed by atoms with Crippen LogP contribution in [0.1, 0.15) is 44.9 Å². The smallest absolute Gasteiger partial charge is 0.319 e. The Labute approximate surface area is 101 Å². The molecule has 1 aliphatic carbocycles. The van der Waals surface area contributed by atoms with Gasteiger partial charge in [0.15, 0.2) is 0 Å². The van der Waals surface area contributed by atoms with Gasteiger partial charge in [0.05, 0.1) is 6.61 Å². The molecule has 1 aliphatic rings. The Hall–Kier alpha value is -1.39. The summed E-state index contributed by atoms with van der Waals surface area (Å²) in [5.41, 5.74) is -0.570. The number of hydrogen-bond donors (Lipinski definition) is 0. The summed E-state index contributed by atoms with van der Waals surface area (Å²) in [5, 5.41) is 8.02. The van der Waals surface area contributed by atoms with Crippen LogP contribution in [0.4, 0.5) is 0 Å². The van der Waals surface area contributed by atoms with Crippen LogP contribution in [0.2, 0.25) is 0 Å². The first-order valence-corrected chi connectivity index (χ1v) is 6.22. The fraction of sp³-hybridized carbons (Fsp3) is 0.750. The summed E-state index contributed by atoms with van der Waals surface area (Å²) in [6.45, 7) is 2.25. The van der Waals surface area contributed by atoms with E-state index in [1.165, 1.54) is 6.42 Å². The van der Waals surface area contributed by atoms with Crippen LogP contribution in [0.25, 0.3) is 0 Å². The van der Waals surface area contributed by atoms with Crippen molar-refractivity contribution in [1.82, 2.24) is 14.8 Å². The lowest BCUT2D eigenvalue weighted by Crippen LogP contribution is -2.41. The maximum Gasteiger partial charge on any atom is 0.319 e. The minimum Gasteiger partial charge on any atom is -0.465 e. The molecule has 0 atom stereocenters. The van der Waals surface area contributed by atoms with Crippen molar-refractivity contribution in [3.8, 4) is 0 Å². The molecule has 1 aromatic heterocycles. The van der Waals surface area contributed by atoms with E-state index in [-0.39, 0.29) is 5.97 Å². The Kier molecular flexibility index (Phi) is 3.45. The maximum atomic E-state index is 12.3. The molecule has 17 heavy (non-hydrogen) atoms. The predicted molar refractivity (Wildman–Crippen MR) is 62.4 cm³/mol. The van der Waals surface area contributed by atoms with Crippen LogP contribution in [0.5, 0.6) is 0 Å². The standard InChI is InChI=1S/C12H19N3O2/c1-3-17-11(16)12(7-5-4-6-8-12)10-14-13-9-15(10)2/h9H,3-8H2,1-2H3. The summed E-state index contributed by atoms with van der Waals surface area (Å²) in [5.74, 6) is 0.603. The van der Waals surface area contributed by atoms with Gasteiger partial charge in [0.2, 0.25) is 0 Å². The minimum atomic E-state index is -0.570. The molecular weight excluding hydrogens is 218 g/mol. The quantitative estimate of drug-likeness (QED) is 0.749. The zero-order valence-electron chi connectivity index (χ0n) is 10.5. The van der Waals surface area contributed by atoms with Gasteiger partial charge in [-0.05, 0) is 19.8 Å². The third-order valence-corrected chi connectivity index (χ3v) is 3.51. The first-order valence-electron chi connectivity index (χ1n) is 6.22. The van der Waals surface area contributed by atoms with Crippen molar-refractivity contribution in [2.75, 3.05) is 6.61 Å². The van der Waals surface area contributed by atoms with E-state index in [0.29, 0.717) is 6.61 Å². The van der Waals surface area contributed by atoms with Gasteiger partial charge in [-0.1, -0.05) is 19.3 Å². The van der Waals surface area contributed by atoms with Gasteiger partial charge in [0.1, 0.15) is 17.6 Å². The minimum absolute atomic E-state index is 0.143. The highest BCUT2D eigenvalue weighted by Gasteiger charge is 2.46. The molecule has 0 bridgehead atoms. The maximum absolute atomic E-state index is 12.3. The van der Waals surface area contributed by atoms with Crippen molar-refractivity contribution in [2.45, 2.75) is 44.4 Å². The lowest BCUT2D eigenvalue weighted by atomic mass is 9.73. The monoisotopic (exact) mass is 237 g/mol. The summed E-state index contributed by atoms with van der Waals surface area (Å²) in [4.78, 5) is 12.3. The second-order valence-electron chi connectivity index (χ2n) is 4.63. The second-order valence-corrected chi connectivity index (χ2v) is 4.63. The molecule has 0 aliphatic heterocycles. The SMILES string of the molecule is CCOC(=O)C1(c2nncn2C)CCCCC1. The Morgan fingerprint density at radius 2 is 2.18 bits per heavy atom. The first kappa shape index (κ1) is 12.1. The second kappa shape index (κ2) is 4.85. The molecule has 0 saturated heterocycles. The highest BCUT2D eigenvalue weighted by atomic mass is 16.5. The Balaban J connectivity index is 2.36. The van der Waals surface area contributed by atoms with Gasteiger partial charge in [-0.15, -0.1) is 10.2 Å². The third-order valence-electron chi connectivity index (χ3n) is 3.51. The summed E-state index contributed by atoms with van der Waals surface area (Å²) in [7, 11) is 1.88. The average molecular weight is 237 g/mol. The molecule has 0 unspecified atom stereocenters. The molecule has 1 heterocycles. The highest BCUT2D eigenvalue weighted by molar-refractivity contribution is 5.82. The van der Waals surface area contributed by atoms with Gasteiger partial charge >= 0.3 is 5.97 Å². The van der Waals surface area contributed by atoms with Crippen molar-refractivity contribution in [3.05, 3.63) is 12.2 Å². The van der Waals surface area contributed by atoms with E-state index in [9.17, 15) is 4.79 Å². The van der Waals surface area contributed by atoms with Crippen LogP contribution >= 0.6 is 0 Å². The summed E-state index contributed by atoms with van der Waals surface area (Å²) < 4.78 is 7.08. The zero-order chi connectivity index (χ0) is 12.3. The van der Waals surface area contributed by atoms with E-state index in [0.717, 1.165) is 31.5 Å². The third kappa shape index (κ3) is 2.06. The molecule has 1 fully saturated rings. The molecule has 0 aromatic carbocycles. The largest absolute Gasteiger partial charge is 0.465 e. The van der Waals surface area contributed by atoms with E-state index >= 15 is 0 Å². The van der Waals surface area contributed by atoms with E-state index in [1.807, 2.05) is 18.5 Å². The van der Waals surface area contributed by atoms with Gasteiger partial charge in [-0.2, -0.15) is 0 Å². The number of aromatic nitrogens is 3. The molecule has 0 amide bonds. The van der Waals surface area contributed by atoms with Crippen molar-refractivity contribution >= 4 is 5.97 Å². The fourth-order valence-corrected chi connectivity index (χ4v) is 2.66. The Morgan fingerprint density at radius 1 is 1.47 bits per heavy atom. The summed E-state index contributed by atoms with van der Waals surface area (Å²) >= 11 is 0. The van der Waals surface area contributed by atoms with Gasteiger partial charge in [-0.3, -0.25) is 4.79 Å². The number of hydrogen-bond acceptors (Lipinski definition) is 4. The molecule has 1 aromatic rings. The van der Waals surface area contributed by atoms with Crippen LogP contribution in [-0.4, -0.2) is 27.3 Å². The van der Waals surface area contributed by atoms with Gasteiger partial charge < -0.3 is 9.30 Å². The van der Waals surface area contributed by atoms with E-state index in [4.69, 9.17) is 4.74 Å². The van der Waals surface area contributed by atoms with Crippen LogP contribution < -0.4 is 0 Å². The van der Waals surface area contributed by atoms with E-state index < -0.39 is 5.41 Å². The number of carbonyl (C=O) groups is 1. The lowest BCUT2D eigenvalue weighted by molar-refractivity contribution is -0.152. The van der Waals surface area contributed by atoms with Crippen LogP contribution in [-0.2, 0) is 22.0 Å². The molecule has 0 spiro atoms. The lowest BCUT2D eigenvalue weighted by Gasteiger charge is -2.33. The normalized spacial score (nSPS) is 18.9. The number of esters is 1. The number of ether oxygens (including phenoxy) is 1. The van der Waals surface area contributed by atoms with E-state index in [2.05, 4.69) is 10.2 Å². The summed E-state index contributed by atoms with van der Waals surface area (Å²) in [6, 6.07) is 0. The molecule has 5 nitrogen and oxygen atoms in total. The predicted octanol–water partition coefficient (Wildman–Crippen LogP) is 1.58. The molecule has 5 heteroatoms. The molecular formula is C12H19N3O2. The zero-order valence-corrected chi connectivity index (χ0v) is 10.5. The summed E-state index contributed by atoms with van der Waals surface area (Å²) in [6.07, 6.45) is 6.55. The fourth-order valence-electron chi connectivity index (χ4n) is 2.66. The molecule has 0 radical (unpaired) electrons. The van der Waals surface area contributed by atoms with Gasteiger partial charge in [0, 0.05) is 7.05 Å². The van der Waals surface area contributed by atoms with E-state index in [1.54, 1.807) is 6.33 Å². The van der Waals surface area contributed by atoms with Crippen LogP contribution in [0, 0.1) is 0 Å². The highest BCUT2D eigenvalue weighted by Crippen LogP contribution is 2.39. The van der Waals surface area contributed by atoms with Crippen molar-refractivity contribution < 1.29 is 9.53 Å². The number of aryl methyl sites for hydroxylation is 1. The van der Waals surface area contributed by atoms with Crippen LogP contribution in [0.15, 0.2) is 6.33 Å². The number of rotatable bonds is 3. The molecule has 0 N–H and O–H groups in total. The number of carbonyl (C=O) groups excluding carboxylic acids is 1. The Bertz CT molecular complexity index is 394. The Morgan fingerprint density at radius 3 is 2.71 bits per heavy atom. The number of nitrogens with zero attached hydrogens (tertiary/aromatic N) is 3. The van der Waals surface area contributed by atoms with Crippen molar-refractivity contribution in [1.29, 1.82) is 0 Å². The average Bonchev–Trinajstić information content (AvgIpc) is 2.77. The van der Waals surface area contributed by atoms with Crippen molar-refractivity contribution in [3.63, 3.8) is 0 Å². The van der Waals surface area contributed by atoms with Crippen molar-refractivity contribution in [2.24, 2.45) is 7.05 Å². The van der Waals surface area contributed by atoms with Gasteiger partial charge in [0.25, 0.3) is 0 Å².